The third kappa shape index (κ3) is 10.9. The molecule has 2 aromatic carbocycles. The average Bonchev–Trinajstić information content (AvgIpc) is 2.79. The highest BCUT2D eigenvalue weighted by Crippen LogP contribution is 2.25. The van der Waals surface area contributed by atoms with E-state index in [1.807, 2.05) is 32.9 Å². The number of aliphatic carboxylic acids is 1. The predicted molar refractivity (Wildman–Crippen MR) is 127 cm³/mol. The molecule has 0 fully saturated rings. The average molecular weight is 573 g/mol. The fourth-order valence-electron chi connectivity index (χ4n) is 2.98. The number of benzene rings is 2. The molecule has 0 radical (unpaired) electrons. The Labute approximate surface area is 215 Å². The van der Waals surface area contributed by atoms with Crippen LogP contribution in [0.25, 0.3) is 0 Å². The Morgan fingerprint density at radius 3 is 1.92 bits per heavy atom. The highest BCUT2D eigenvalue weighted by Gasteiger charge is 2.38. The summed E-state index contributed by atoms with van der Waals surface area (Å²) in [4.78, 5) is 23.1. The van der Waals surface area contributed by atoms with Crippen LogP contribution < -0.4 is 15.0 Å². The summed E-state index contributed by atoms with van der Waals surface area (Å²) in [5, 5.41) is 9.83. The van der Waals surface area contributed by atoms with Gasteiger partial charge in [-0.1, -0.05) is 0 Å². The van der Waals surface area contributed by atoms with Crippen LogP contribution in [0.15, 0.2) is 47.4 Å². The molecule has 0 bridgehead atoms. The summed E-state index contributed by atoms with van der Waals surface area (Å²) < 4.78 is 96.8. The first kappa shape index (κ1) is 32.5. The van der Waals surface area contributed by atoms with Gasteiger partial charge >= 0.3 is 18.5 Å². The van der Waals surface area contributed by atoms with Crippen molar-refractivity contribution in [1.29, 1.82) is 0 Å². The van der Waals surface area contributed by atoms with E-state index in [-0.39, 0.29) is 11.3 Å². The number of carboxylic acid groups (broad SMARTS) is 1. The molecule has 2 aromatic rings. The van der Waals surface area contributed by atoms with Crippen molar-refractivity contribution in [2.75, 3.05) is 29.1 Å². The molecule has 0 aliphatic rings. The van der Waals surface area contributed by atoms with Gasteiger partial charge in [0.15, 0.2) is 9.84 Å². The van der Waals surface area contributed by atoms with Crippen LogP contribution >= 0.6 is 0 Å². The van der Waals surface area contributed by atoms with Crippen LogP contribution in [0.4, 0.5) is 37.7 Å². The van der Waals surface area contributed by atoms with Crippen molar-refractivity contribution >= 4 is 33.1 Å². The minimum atomic E-state index is -5.08. The van der Waals surface area contributed by atoms with Crippen LogP contribution in [0.2, 0.25) is 0 Å². The summed E-state index contributed by atoms with van der Waals surface area (Å²) in [6.45, 7) is 7.65. The molecule has 1 amide bonds. The molecule has 0 saturated carbocycles. The van der Waals surface area contributed by atoms with Gasteiger partial charge in [-0.2, -0.15) is 13.2 Å². The number of nitrogens with one attached hydrogen (secondary N) is 1. The van der Waals surface area contributed by atoms with Gasteiger partial charge in [-0.25, -0.2) is 13.2 Å². The second-order valence-electron chi connectivity index (χ2n) is 7.61. The summed E-state index contributed by atoms with van der Waals surface area (Å²) in [5.41, 5.74) is 2.47. The van der Waals surface area contributed by atoms with E-state index in [1.54, 1.807) is 6.07 Å². The van der Waals surface area contributed by atoms with Gasteiger partial charge in [0.05, 0.1) is 10.6 Å². The van der Waals surface area contributed by atoms with E-state index in [1.165, 1.54) is 0 Å². The lowest BCUT2D eigenvalue weighted by atomic mass is 10.1. The molecule has 0 spiro atoms. The Balaban J connectivity index is 0.000000905. The summed E-state index contributed by atoms with van der Waals surface area (Å²) in [5.74, 6) is -4.23. The van der Waals surface area contributed by atoms with Gasteiger partial charge in [0.25, 0.3) is 0 Å². The van der Waals surface area contributed by atoms with E-state index in [0.717, 1.165) is 48.6 Å². The van der Waals surface area contributed by atoms with Crippen molar-refractivity contribution in [3.05, 3.63) is 48.0 Å². The molecular formula is C23H26F6N2O6S. The molecule has 8 nitrogen and oxygen atoms in total. The molecule has 0 saturated heterocycles. The number of amides is 1. The SMILES string of the molecule is CCN(CC)c1ccc(NC(=O)CCS(=O)(=O)c2ccc(OC(F)(F)F)cc2)c(C)c1.O=C(O)C(F)(F)F. The first-order chi connectivity index (χ1) is 17.4. The number of carboxylic acids is 1. The van der Waals surface area contributed by atoms with Crippen LogP contribution in [0.1, 0.15) is 25.8 Å². The molecule has 0 aliphatic heterocycles. The molecule has 0 aromatic heterocycles. The Morgan fingerprint density at radius 2 is 1.50 bits per heavy atom. The molecule has 2 N–H and O–H groups in total. The van der Waals surface area contributed by atoms with Crippen LogP contribution in [-0.4, -0.2) is 56.8 Å². The number of sulfone groups is 1. The summed E-state index contributed by atoms with van der Waals surface area (Å²) in [7, 11) is -3.85. The zero-order valence-electron chi connectivity index (χ0n) is 20.5. The van der Waals surface area contributed by atoms with E-state index in [4.69, 9.17) is 9.90 Å². The zero-order valence-corrected chi connectivity index (χ0v) is 21.3. The number of alkyl halides is 6. The lowest BCUT2D eigenvalue weighted by Crippen LogP contribution is -2.22. The standard InChI is InChI=1S/C21H25F3N2O4S.C2HF3O2/c1-4-26(5-2)16-6-11-19(15(3)14-16)25-20(27)12-13-31(28,29)18-9-7-17(8-10-18)30-21(22,23)24;3-2(4,5)1(6)7/h6-11,14H,4-5,12-13H2,1-3H3,(H,25,27);(H,6,7). The fourth-order valence-corrected chi connectivity index (χ4v) is 4.22. The second kappa shape index (κ2) is 13.3. The van der Waals surface area contributed by atoms with Gasteiger partial charge in [0.1, 0.15) is 5.75 Å². The zero-order chi connectivity index (χ0) is 29.3. The van der Waals surface area contributed by atoms with E-state index in [9.17, 15) is 39.6 Å². The van der Waals surface area contributed by atoms with Crippen LogP contribution in [0.3, 0.4) is 0 Å². The maximum atomic E-state index is 12.4. The van der Waals surface area contributed by atoms with Crippen molar-refractivity contribution in [2.24, 2.45) is 0 Å². The number of hydrogen-bond donors (Lipinski definition) is 2. The van der Waals surface area contributed by atoms with Crippen LogP contribution in [0.5, 0.6) is 5.75 Å². The smallest absolute Gasteiger partial charge is 0.475 e. The largest absolute Gasteiger partial charge is 0.573 e. The molecule has 38 heavy (non-hydrogen) atoms. The van der Waals surface area contributed by atoms with Crippen molar-refractivity contribution in [3.8, 4) is 5.75 Å². The minimum absolute atomic E-state index is 0.186. The number of aryl methyl sites for hydroxylation is 1. The van der Waals surface area contributed by atoms with Crippen molar-refractivity contribution in [3.63, 3.8) is 0 Å². The predicted octanol–water partition coefficient (Wildman–Crippen LogP) is 5.18. The van der Waals surface area contributed by atoms with Gasteiger partial charge in [-0.15, -0.1) is 13.2 Å². The van der Waals surface area contributed by atoms with E-state index >= 15 is 0 Å². The normalized spacial score (nSPS) is 11.7. The Hall–Kier alpha value is -3.49. The molecule has 15 heteroatoms. The second-order valence-corrected chi connectivity index (χ2v) is 9.72. The Kier molecular flexibility index (Phi) is 11.4. The number of nitrogens with zero attached hydrogens (tertiary/aromatic N) is 1. The lowest BCUT2D eigenvalue weighted by Gasteiger charge is -2.22. The molecule has 0 unspecified atom stereocenters. The minimum Gasteiger partial charge on any atom is -0.475 e. The summed E-state index contributed by atoms with van der Waals surface area (Å²) in [6.07, 6.45) is -10.2. The van der Waals surface area contributed by atoms with E-state index in [0.29, 0.717) is 5.69 Å². The number of rotatable bonds is 9. The topological polar surface area (TPSA) is 113 Å². The number of anilines is 2. The molecular weight excluding hydrogens is 546 g/mol. The highest BCUT2D eigenvalue weighted by atomic mass is 32.2. The quantitative estimate of drug-likeness (QED) is 0.399. The first-order valence-electron chi connectivity index (χ1n) is 10.9. The van der Waals surface area contributed by atoms with Gasteiger partial charge in [-0.3, -0.25) is 4.79 Å². The molecule has 212 valence electrons. The van der Waals surface area contributed by atoms with Crippen molar-refractivity contribution < 1.29 is 54.2 Å². The van der Waals surface area contributed by atoms with Crippen molar-refractivity contribution in [1.82, 2.24) is 0 Å². The number of ether oxygens (including phenoxy) is 1. The monoisotopic (exact) mass is 572 g/mol. The Bertz CT molecular complexity index is 1190. The number of carbonyl (C=O) groups is 2. The summed E-state index contributed by atoms with van der Waals surface area (Å²) >= 11 is 0. The fraction of sp³-hybridized carbons (Fsp3) is 0.391. The van der Waals surface area contributed by atoms with Crippen molar-refractivity contribution in [2.45, 2.75) is 44.6 Å². The molecule has 2 rings (SSSR count). The van der Waals surface area contributed by atoms with Crippen LogP contribution in [0, 0.1) is 6.92 Å². The van der Waals surface area contributed by atoms with E-state index in [2.05, 4.69) is 15.0 Å². The maximum Gasteiger partial charge on any atom is 0.573 e. The van der Waals surface area contributed by atoms with Gasteiger partial charge in [-0.05, 0) is 68.8 Å². The van der Waals surface area contributed by atoms with Gasteiger partial charge in [0.2, 0.25) is 5.91 Å². The third-order valence-corrected chi connectivity index (χ3v) is 6.60. The number of hydrogen-bond acceptors (Lipinski definition) is 6. The maximum absolute atomic E-state index is 12.4. The first-order valence-corrected chi connectivity index (χ1v) is 12.6. The summed E-state index contributed by atoms with van der Waals surface area (Å²) in [6, 6.07) is 9.48. The van der Waals surface area contributed by atoms with Gasteiger partial charge in [0, 0.05) is 30.9 Å². The van der Waals surface area contributed by atoms with Gasteiger partial charge < -0.3 is 20.1 Å². The highest BCUT2D eigenvalue weighted by molar-refractivity contribution is 7.91. The molecule has 0 atom stereocenters. The van der Waals surface area contributed by atoms with Crippen LogP contribution in [-0.2, 0) is 19.4 Å². The Morgan fingerprint density at radius 1 is 0.974 bits per heavy atom. The lowest BCUT2D eigenvalue weighted by molar-refractivity contribution is -0.274. The number of carbonyl (C=O) groups excluding carboxylic acids is 1. The van der Waals surface area contributed by atoms with E-state index < -0.39 is 45.8 Å². The number of halogens is 6. The molecule has 0 aliphatic carbocycles. The molecule has 0 heterocycles. The third-order valence-electron chi connectivity index (χ3n) is 4.87.